The number of hydrogen-bond donors (Lipinski definition) is 1. The SMILES string of the molecule is COC(=O)N1C(OC(=O)c2cccc(Cl)c2)C(O)OC1C(C)(C)C. The molecule has 1 aliphatic heterocycles. The number of halogens is 1. The van der Waals surface area contributed by atoms with E-state index >= 15 is 0 Å². The van der Waals surface area contributed by atoms with Gasteiger partial charge in [-0.05, 0) is 18.2 Å². The van der Waals surface area contributed by atoms with Gasteiger partial charge in [-0.15, -0.1) is 0 Å². The number of ether oxygens (including phenoxy) is 3. The minimum atomic E-state index is -1.49. The number of rotatable bonds is 2. The summed E-state index contributed by atoms with van der Waals surface area (Å²) < 4.78 is 15.4. The van der Waals surface area contributed by atoms with Crippen LogP contribution in [0.4, 0.5) is 4.79 Å². The van der Waals surface area contributed by atoms with E-state index in [2.05, 4.69) is 0 Å². The maximum Gasteiger partial charge on any atom is 0.414 e. The fourth-order valence-electron chi connectivity index (χ4n) is 2.37. The Kier molecular flexibility index (Phi) is 5.37. The van der Waals surface area contributed by atoms with Crippen LogP contribution in [0.2, 0.25) is 5.02 Å². The molecular weight excluding hydrogens is 338 g/mol. The molecule has 1 heterocycles. The quantitative estimate of drug-likeness (QED) is 0.819. The molecule has 8 heteroatoms. The summed E-state index contributed by atoms with van der Waals surface area (Å²) in [5.74, 6) is -0.742. The lowest BCUT2D eigenvalue weighted by Crippen LogP contribution is -2.49. The van der Waals surface area contributed by atoms with E-state index in [4.69, 9.17) is 25.8 Å². The summed E-state index contributed by atoms with van der Waals surface area (Å²) in [6.45, 7) is 5.46. The molecule has 1 aromatic carbocycles. The first-order valence-corrected chi connectivity index (χ1v) is 7.69. The molecule has 7 nitrogen and oxygen atoms in total. The largest absolute Gasteiger partial charge is 0.453 e. The number of hydrogen-bond acceptors (Lipinski definition) is 6. The van der Waals surface area contributed by atoms with Crippen LogP contribution in [0.25, 0.3) is 0 Å². The summed E-state index contributed by atoms with van der Waals surface area (Å²) in [4.78, 5) is 25.5. The molecule has 3 atom stereocenters. The Bertz CT molecular complexity index is 629. The van der Waals surface area contributed by atoms with Crippen molar-refractivity contribution < 1.29 is 28.9 Å². The van der Waals surface area contributed by atoms with E-state index in [0.29, 0.717) is 5.02 Å². The number of aliphatic hydroxyl groups is 1. The van der Waals surface area contributed by atoms with Gasteiger partial charge in [-0.3, -0.25) is 0 Å². The predicted octanol–water partition coefficient (Wildman–Crippen LogP) is 2.61. The van der Waals surface area contributed by atoms with Crippen molar-refractivity contribution in [2.75, 3.05) is 7.11 Å². The number of methoxy groups -OCH3 is 1. The minimum absolute atomic E-state index is 0.193. The van der Waals surface area contributed by atoms with Crippen molar-refractivity contribution in [2.45, 2.75) is 39.5 Å². The molecule has 3 unspecified atom stereocenters. The van der Waals surface area contributed by atoms with Crippen LogP contribution in [0.5, 0.6) is 0 Å². The van der Waals surface area contributed by atoms with Gasteiger partial charge in [0, 0.05) is 10.4 Å². The van der Waals surface area contributed by atoms with Gasteiger partial charge < -0.3 is 19.3 Å². The van der Waals surface area contributed by atoms with Gasteiger partial charge in [0.25, 0.3) is 0 Å². The van der Waals surface area contributed by atoms with Crippen molar-refractivity contribution in [1.82, 2.24) is 4.90 Å². The van der Waals surface area contributed by atoms with Crippen LogP contribution in [0, 0.1) is 5.41 Å². The van der Waals surface area contributed by atoms with Crippen LogP contribution in [0.3, 0.4) is 0 Å². The van der Waals surface area contributed by atoms with Crippen molar-refractivity contribution in [3.63, 3.8) is 0 Å². The maximum absolute atomic E-state index is 12.3. The summed E-state index contributed by atoms with van der Waals surface area (Å²) in [5.41, 5.74) is -0.342. The lowest BCUT2D eigenvalue weighted by molar-refractivity contribution is -0.145. The fraction of sp³-hybridized carbons (Fsp3) is 0.500. The molecule has 0 spiro atoms. The zero-order valence-corrected chi connectivity index (χ0v) is 14.6. The van der Waals surface area contributed by atoms with E-state index in [1.165, 1.54) is 19.2 Å². The average molecular weight is 358 g/mol. The van der Waals surface area contributed by atoms with Crippen molar-refractivity contribution in [1.29, 1.82) is 0 Å². The highest BCUT2D eigenvalue weighted by Gasteiger charge is 2.51. The summed E-state index contributed by atoms with van der Waals surface area (Å²) >= 11 is 5.85. The second kappa shape index (κ2) is 6.96. The standard InChI is InChI=1S/C16H20ClNO6/c1-16(2,3)14-18(15(21)22-4)11(13(20)24-14)23-12(19)9-6-5-7-10(17)8-9/h5-8,11,13-14,20H,1-4H3. The van der Waals surface area contributed by atoms with Crippen molar-refractivity contribution in [2.24, 2.45) is 5.41 Å². The fourth-order valence-corrected chi connectivity index (χ4v) is 2.56. The van der Waals surface area contributed by atoms with Gasteiger partial charge in [-0.2, -0.15) is 0 Å². The number of aliphatic hydroxyl groups excluding tert-OH is 1. The zero-order chi connectivity index (χ0) is 18.1. The first kappa shape index (κ1) is 18.5. The normalized spacial score (nSPS) is 23.9. The summed E-state index contributed by atoms with van der Waals surface area (Å²) in [6, 6.07) is 6.15. The summed E-state index contributed by atoms with van der Waals surface area (Å²) in [5, 5.41) is 10.5. The molecule has 1 aliphatic rings. The second-order valence-electron chi connectivity index (χ2n) is 6.43. The third-order valence-electron chi connectivity index (χ3n) is 3.45. The van der Waals surface area contributed by atoms with E-state index in [1.807, 2.05) is 20.8 Å². The molecule has 0 bridgehead atoms. The number of amides is 1. The third-order valence-corrected chi connectivity index (χ3v) is 3.69. The van der Waals surface area contributed by atoms with Crippen molar-refractivity contribution >= 4 is 23.7 Å². The predicted molar refractivity (Wildman–Crippen MR) is 85.2 cm³/mol. The average Bonchev–Trinajstić information content (AvgIpc) is 2.83. The minimum Gasteiger partial charge on any atom is -0.453 e. The van der Waals surface area contributed by atoms with Crippen LogP contribution in [-0.2, 0) is 14.2 Å². The van der Waals surface area contributed by atoms with Gasteiger partial charge in [0.1, 0.15) is 6.23 Å². The van der Waals surface area contributed by atoms with E-state index < -0.39 is 36.2 Å². The Labute approximate surface area is 145 Å². The molecule has 132 valence electrons. The Morgan fingerprint density at radius 2 is 2.00 bits per heavy atom. The van der Waals surface area contributed by atoms with Gasteiger partial charge in [-0.1, -0.05) is 38.4 Å². The lowest BCUT2D eigenvalue weighted by atomic mass is 9.94. The molecule has 2 rings (SSSR count). The van der Waals surface area contributed by atoms with Gasteiger partial charge in [-0.25, -0.2) is 14.5 Å². The Morgan fingerprint density at radius 1 is 1.33 bits per heavy atom. The van der Waals surface area contributed by atoms with E-state index in [0.717, 1.165) is 4.90 Å². The lowest BCUT2D eigenvalue weighted by Gasteiger charge is -2.33. The van der Waals surface area contributed by atoms with Gasteiger partial charge >= 0.3 is 12.1 Å². The van der Waals surface area contributed by atoms with Crippen molar-refractivity contribution in [3.05, 3.63) is 34.9 Å². The van der Waals surface area contributed by atoms with E-state index in [-0.39, 0.29) is 5.56 Å². The second-order valence-corrected chi connectivity index (χ2v) is 6.86. The molecule has 1 fully saturated rings. The van der Waals surface area contributed by atoms with Crippen LogP contribution in [0.1, 0.15) is 31.1 Å². The molecule has 24 heavy (non-hydrogen) atoms. The first-order chi connectivity index (χ1) is 11.1. The van der Waals surface area contributed by atoms with Crippen molar-refractivity contribution in [3.8, 4) is 0 Å². The number of benzene rings is 1. The molecule has 1 aromatic rings. The number of carbonyl (C=O) groups is 2. The van der Waals surface area contributed by atoms with Gasteiger partial charge in [0.2, 0.25) is 12.5 Å². The van der Waals surface area contributed by atoms with Crippen LogP contribution in [0.15, 0.2) is 24.3 Å². The highest BCUT2D eigenvalue weighted by Crippen LogP contribution is 2.35. The number of carbonyl (C=O) groups excluding carboxylic acids is 2. The van der Waals surface area contributed by atoms with Gasteiger partial charge in [0.05, 0.1) is 12.7 Å². The van der Waals surface area contributed by atoms with Crippen LogP contribution < -0.4 is 0 Å². The Hall–Kier alpha value is -1.83. The van der Waals surface area contributed by atoms with Crippen LogP contribution >= 0.6 is 11.6 Å². The topological polar surface area (TPSA) is 85.3 Å². The van der Waals surface area contributed by atoms with E-state index in [1.54, 1.807) is 12.1 Å². The Morgan fingerprint density at radius 3 is 2.54 bits per heavy atom. The van der Waals surface area contributed by atoms with E-state index in [9.17, 15) is 14.7 Å². The zero-order valence-electron chi connectivity index (χ0n) is 13.9. The highest BCUT2D eigenvalue weighted by atomic mass is 35.5. The number of nitrogens with zero attached hydrogens (tertiary/aromatic N) is 1. The summed E-state index contributed by atoms with van der Waals surface area (Å²) in [6.07, 6.45) is -4.41. The molecule has 1 saturated heterocycles. The molecule has 0 saturated carbocycles. The maximum atomic E-state index is 12.3. The molecule has 0 aliphatic carbocycles. The molecule has 0 radical (unpaired) electrons. The Balaban J connectivity index is 2.26. The smallest absolute Gasteiger partial charge is 0.414 e. The highest BCUT2D eigenvalue weighted by molar-refractivity contribution is 6.30. The monoisotopic (exact) mass is 357 g/mol. The molecule has 1 amide bonds. The molecule has 0 aromatic heterocycles. The summed E-state index contributed by atoms with van der Waals surface area (Å²) in [7, 11) is 1.20. The van der Waals surface area contributed by atoms with Gasteiger partial charge in [0.15, 0.2) is 0 Å². The van der Waals surface area contributed by atoms with Crippen LogP contribution in [-0.4, -0.2) is 47.9 Å². The number of esters is 1. The molecular formula is C16H20ClNO6. The first-order valence-electron chi connectivity index (χ1n) is 7.31. The molecule has 1 N–H and O–H groups in total. The third kappa shape index (κ3) is 3.80.